The van der Waals surface area contributed by atoms with Gasteiger partial charge in [-0.2, -0.15) is 0 Å². The Labute approximate surface area is 175 Å². The lowest BCUT2D eigenvalue weighted by atomic mass is 10.1. The summed E-state index contributed by atoms with van der Waals surface area (Å²) in [5.41, 5.74) is 0.569. The lowest BCUT2D eigenvalue weighted by Crippen LogP contribution is -2.38. The van der Waals surface area contributed by atoms with Gasteiger partial charge in [0.15, 0.2) is 9.84 Å². The summed E-state index contributed by atoms with van der Waals surface area (Å²) in [6.07, 6.45) is 0.375. The molecule has 1 unspecified atom stereocenters. The Morgan fingerprint density at radius 1 is 1.10 bits per heavy atom. The molecule has 1 aliphatic rings. The topological polar surface area (TPSA) is 91.8 Å². The van der Waals surface area contributed by atoms with Crippen LogP contribution in [0.2, 0.25) is 5.02 Å². The predicted octanol–water partition coefficient (Wildman–Crippen LogP) is 2.42. The zero-order chi connectivity index (χ0) is 21.4. The lowest BCUT2D eigenvalue weighted by Gasteiger charge is -2.24. The average molecular weight is 457 g/mol. The molecule has 0 radical (unpaired) electrons. The van der Waals surface area contributed by atoms with E-state index in [0.717, 1.165) is 4.31 Å². The molecule has 10 heteroatoms. The first-order valence-electron chi connectivity index (χ1n) is 8.83. The van der Waals surface area contributed by atoms with E-state index in [2.05, 4.69) is 0 Å². The molecule has 1 fully saturated rings. The molecule has 0 saturated carbocycles. The molecule has 0 N–H and O–H groups in total. The number of sulfone groups is 1. The largest absolute Gasteiger partial charge is 0.338 e. The number of carbonyl (C=O) groups excluding carboxylic acids is 1. The third kappa shape index (κ3) is 4.57. The number of halogens is 1. The van der Waals surface area contributed by atoms with Crippen LogP contribution in [0, 0.1) is 0 Å². The van der Waals surface area contributed by atoms with Gasteiger partial charge in [0.1, 0.15) is 0 Å². The standard InChI is InChI=1S/C19H21ClN2O5S2/c1-21(17-9-10-28(24,25)13-17)19(23)14-5-3-8-18(11-14)29(26,27)22(2)16-7-4-6-15(20)12-16/h3-8,11-12,17H,9-10,13H2,1-2H3. The minimum absolute atomic E-state index is 0.0433. The van der Waals surface area contributed by atoms with Crippen molar-refractivity contribution >= 4 is 43.1 Å². The van der Waals surface area contributed by atoms with Gasteiger partial charge >= 0.3 is 0 Å². The molecular weight excluding hydrogens is 436 g/mol. The maximum atomic E-state index is 13.0. The van der Waals surface area contributed by atoms with Gasteiger partial charge in [0.05, 0.1) is 22.1 Å². The third-order valence-corrected chi connectivity index (χ3v) is 8.75. The smallest absolute Gasteiger partial charge is 0.264 e. The number of benzene rings is 2. The number of hydrogen-bond acceptors (Lipinski definition) is 5. The summed E-state index contributed by atoms with van der Waals surface area (Å²) in [4.78, 5) is 14.1. The Morgan fingerprint density at radius 3 is 2.41 bits per heavy atom. The number of carbonyl (C=O) groups is 1. The van der Waals surface area contributed by atoms with Crippen molar-refractivity contribution < 1.29 is 21.6 Å². The van der Waals surface area contributed by atoms with Crippen molar-refractivity contribution in [3.63, 3.8) is 0 Å². The number of nitrogens with zero attached hydrogens (tertiary/aromatic N) is 2. The van der Waals surface area contributed by atoms with Crippen molar-refractivity contribution in [3.8, 4) is 0 Å². The highest BCUT2D eigenvalue weighted by atomic mass is 35.5. The van der Waals surface area contributed by atoms with Crippen LogP contribution in [0.15, 0.2) is 53.4 Å². The van der Waals surface area contributed by atoms with Crippen LogP contribution in [0.4, 0.5) is 5.69 Å². The van der Waals surface area contributed by atoms with E-state index in [0.29, 0.717) is 17.1 Å². The summed E-state index contributed by atoms with van der Waals surface area (Å²) >= 11 is 5.95. The van der Waals surface area contributed by atoms with Gasteiger partial charge in [-0.1, -0.05) is 23.7 Å². The molecule has 29 heavy (non-hydrogen) atoms. The quantitative estimate of drug-likeness (QED) is 0.689. The zero-order valence-electron chi connectivity index (χ0n) is 15.9. The highest BCUT2D eigenvalue weighted by Gasteiger charge is 2.33. The molecule has 0 bridgehead atoms. The van der Waals surface area contributed by atoms with E-state index in [1.165, 1.54) is 49.3 Å². The molecule has 0 aromatic heterocycles. The highest BCUT2D eigenvalue weighted by Crippen LogP contribution is 2.26. The average Bonchev–Trinajstić information content (AvgIpc) is 3.06. The summed E-state index contributed by atoms with van der Waals surface area (Å²) in [6.45, 7) is 0. The van der Waals surface area contributed by atoms with Crippen molar-refractivity contribution in [1.29, 1.82) is 0 Å². The fourth-order valence-electron chi connectivity index (χ4n) is 3.21. The molecule has 0 spiro atoms. The third-order valence-electron chi connectivity index (χ3n) is 4.99. The molecule has 3 rings (SSSR count). The molecule has 1 saturated heterocycles. The summed E-state index contributed by atoms with van der Waals surface area (Å²) in [6, 6.07) is 11.7. The number of hydrogen-bond donors (Lipinski definition) is 0. The van der Waals surface area contributed by atoms with Crippen LogP contribution in [-0.2, 0) is 19.9 Å². The summed E-state index contributed by atoms with van der Waals surface area (Å²) in [7, 11) is -4.12. The maximum absolute atomic E-state index is 13.0. The van der Waals surface area contributed by atoms with Gasteiger partial charge < -0.3 is 4.90 Å². The SMILES string of the molecule is CN(C(=O)c1cccc(S(=O)(=O)N(C)c2cccc(Cl)c2)c1)C1CCS(=O)(=O)C1. The first kappa shape index (κ1) is 21.6. The highest BCUT2D eigenvalue weighted by molar-refractivity contribution is 7.92. The van der Waals surface area contributed by atoms with Crippen LogP contribution < -0.4 is 4.31 Å². The van der Waals surface area contributed by atoms with Crippen molar-refractivity contribution in [2.75, 3.05) is 29.9 Å². The van der Waals surface area contributed by atoms with Crippen molar-refractivity contribution in [2.24, 2.45) is 0 Å². The molecule has 156 valence electrons. The Hall–Kier alpha value is -2.10. The van der Waals surface area contributed by atoms with Crippen LogP contribution >= 0.6 is 11.6 Å². The zero-order valence-corrected chi connectivity index (χ0v) is 18.3. The molecule has 2 aromatic rings. The van der Waals surface area contributed by atoms with E-state index in [9.17, 15) is 21.6 Å². The predicted molar refractivity (Wildman–Crippen MR) is 113 cm³/mol. The summed E-state index contributed by atoms with van der Waals surface area (Å²) < 4.78 is 50.5. The van der Waals surface area contributed by atoms with Crippen molar-refractivity contribution in [3.05, 3.63) is 59.1 Å². The molecule has 7 nitrogen and oxygen atoms in total. The van der Waals surface area contributed by atoms with Gasteiger partial charge in [0.2, 0.25) is 0 Å². The second-order valence-corrected chi connectivity index (χ2v) is 11.6. The Balaban J connectivity index is 1.87. The van der Waals surface area contributed by atoms with E-state index >= 15 is 0 Å². The van der Waals surface area contributed by atoms with Crippen LogP contribution in [0.25, 0.3) is 0 Å². The van der Waals surface area contributed by atoms with E-state index < -0.39 is 31.8 Å². The summed E-state index contributed by atoms with van der Waals surface area (Å²) in [5, 5.41) is 0.404. The summed E-state index contributed by atoms with van der Waals surface area (Å²) in [5.74, 6) is -0.451. The first-order chi connectivity index (χ1) is 13.5. The molecule has 0 aliphatic carbocycles. The second-order valence-electron chi connectivity index (χ2n) is 6.95. The Morgan fingerprint density at radius 2 is 1.79 bits per heavy atom. The van der Waals surface area contributed by atoms with Crippen LogP contribution in [0.5, 0.6) is 0 Å². The second kappa shape index (κ2) is 7.97. The number of amides is 1. The van der Waals surface area contributed by atoms with Gasteiger partial charge in [-0.25, -0.2) is 16.8 Å². The Kier molecular flexibility index (Phi) is 5.93. The van der Waals surface area contributed by atoms with Crippen LogP contribution in [-0.4, -0.2) is 59.3 Å². The molecule has 1 aliphatic heterocycles. The van der Waals surface area contributed by atoms with Crippen molar-refractivity contribution in [1.82, 2.24) is 4.90 Å². The molecular formula is C19H21ClN2O5S2. The Bertz CT molecular complexity index is 1150. The fraction of sp³-hybridized carbons (Fsp3) is 0.316. The van der Waals surface area contributed by atoms with Gasteiger partial charge in [-0.05, 0) is 42.8 Å². The molecule has 2 aromatic carbocycles. The monoisotopic (exact) mass is 456 g/mol. The number of rotatable bonds is 5. The fourth-order valence-corrected chi connectivity index (χ4v) is 6.40. The minimum atomic E-state index is -3.92. The molecule has 1 heterocycles. The van der Waals surface area contributed by atoms with E-state index in [1.54, 1.807) is 18.2 Å². The molecule has 1 amide bonds. The van der Waals surface area contributed by atoms with E-state index in [4.69, 9.17) is 11.6 Å². The van der Waals surface area contributed by atoms with Crippen LogP contribution in [0.1, 0.15) is 16.8 Å². The maximum Gasteiger partial charge on any atom is 0.264 e. The number of anilines is 1. The van der Waals surface area contributed by atoms with E-state index in [-0.39, 0.29) is 22.0 Å². The number of sulfonamides is 1. The molecule has 1 atom stereocenters. The van der Waals surface area contributed by atoms with Crippen LogP contribution in [0.3, 0.4) is 0 Å². The van der Waals surface area contributed by atoms with Gasteiger partial charge in [-0.3, -0.25) is 9.10 Å². The van der Waals surface area contributed by atoms with Gasteiger partial charge in [-0.15, -0.1) is 0 Å². The lowest BCUT2D eigenvalue weighted by molar-refractivity contribution is 0.0747. The van der Waals surface area contributed by atoms with Gasteiger partial charge in [0.25, 0.3) is 15.9 Å². The van der Waals surface area contributed by atoms with Gasteiger partial charge in [0, 0.05) is 30.7 Å². The van der Waals surface area contributed by atoms with Crippen molar-refractivity contribution in [2.45, 2.75) is 17.4 Å². The minimum Gasteiger partial charge on any atom is -0.338 e. The first-order valence-corrected chi connectivity index (χ1v) is 12.5. The van der Waals surface area contributed by atoms with E-state index in [1.807, 2.05) is 0 Å². The normalized spacial score (nSPS) is 18.4.